The smallest absolute Gasteiger partial charge is 0.289 e. The standard InChI is InChI=1S/C21H23N3O6/c25-21(19-11-8-17(23(26)27)14-20(19)24(28)29)22-16-6-9-18(10-7-16)30-13-12-15-4-2-1-3-5-15/h6-11,14-15H,1-5,12-13H2,(H,22,25). The number of hydrogen-bond acceptors (Lipinski definition) is 6. The van der Waals surface area contributed by atoms with Crippen molar-refractivity contribution in [2.45, 2.75) is 38.5 Å². The minimum Gasteiger partial charge on any atom is -0.494 e. The normalized spacial score (nSPS) is 14.1. The summed E-state index contributed by atoms with van der Waals surface area (Å²) < 4.78 is 5.77. The molecule has 1 N–H and O–H groups in total. The minimum atomic E-state index is -0.814. The molecule has 30 heavy (non-hydrogen) atoms. The Morgan fingerprint density at radius 2 is 1.70 bits per heavy atom. The first-order chi connectivity index (χ1) is 14.4. The van der Waals surface area contributed by atoms with Gasteiger partial charge in [-0.2, -0.15) is 0 Å². The van der Waals surface area contributed by atoms with E-state index in [-0.39, 0.29) is 5.56 Å². The maximum Gasteiger partial charge on any atom is 0.289 e. The van der Waals surface area contributed by atoms with Crippen LogP contribution in [0.5, 0.6) is 5.75 Å². The van der Waals surface area contributed by atoms with Gasteiger partial charge in [-0.15, -0.1) is 0 Å². The molecule has 0 radical (unpaired) electrons. The highest BCUT2D eigenvalue weighted by atomic mass is 16.6. The molecule has 0 bridgehead atoms. The maximum atomic E-state index is 12.4. The molecule has 0 aromatic heterocycles. The molecule has 1 aliphatic carbocycles. The molecule has 0 aliphatic heterocycles. The molecule has 1 fully saturated rings. The molecule has 2 aromatic carbocycles. The Bertz CT molecular complexity index is 923. The fourth-order valence-electron chi connectivity index (χ4n) is 3.63. The summed E-state index contributed by atoms with van der Waals surface area (Å²) in [5.74, 6) is 0.697. The Morgan fingerprint density at radius 1 is 1.00 bits per heavy atom. The number of ether oxygens (including phenoxy) is 1. The molecule has 1 saturated carbocycles. The third-order valence-electron chi connectivity index (χ3n) is 5.27. The molecule has 158 valence electrons. The van der Waals surface area contributed by atoms with Crippen LogP contribution < -0.4 is 10.1 Å². The van der Waals surface area contributed by atoms with Crippen LogP contribution in [0.2, 0.25) is 0 Å². The lowest BCUT2D eigenvalue weighted by Crippen LogP contribution is -2.14. The van der Waals surface area contributed by atoms with Gasteiger partial charge in [0.1, 0.15) is 11.3 Å². The molecule has 9 nitrogen and oxygen atoms in total. The second-order valence-corrected chi connectivity index (χ2v) is 7.34. The highest BCUT2D eigenvalue weighted by Crippen LogP contribution is 2.27. The Morgan fingerprint density at radius 3 is 2.33 bits per heavy atom. The van der Waals surface area contributed by atoms with Crippen LogP contribution in [-0.4, -0.2) is 22.4 Å². The monoisotopic (exact) mass is 413 g/mol. The Kier molecular flexibility index (Phi) is 6.95. The van der Waals surface area contributed by atoms with Crippen molar-refractivity contribution in [2.75, 3.05) is 11.9 Å². The van der Waals surface area contributed by atoms with E-state index >= 15 is 0 Å². The zero-order valence-electron chi connectivity index (χ0n) is 16.4. The van der Waals surface area contributed by atoms with Crippen molar-refractivity contribution in [2.24, 2.45) is 5.92 Å². The number of anilines is 1. The van der Waals surface area contributed by atoms with E-state index < -0.39 is 27.1 Å². The predicted octanol–water partition coefficient (Wildman–Crippen LogP) is 5.10. The zero-order chi connectivity index (χ0) is 21.5. The minimum absolute atomic E-state index is 0.251. The van der Waals surface area contributed by atoms with Crippen LogP contribution in [0.3, 0.4) is 0 Å². The number of nitrogens with zero attached hydrogens (tertiary/aromatic N) is 2. The maximum absolute atomic E-state index is 12.4. The van der Waals surface area contributed by atoms with Gasteiger partial charge in [-0.1, -0.05) is 32.1 Å². The molecule has 2 aromatic rings. The average molecular weight is 413 g/mol. The van der Waals surface area contributed by atoms with E-state index in [9.17, 15) is 25.0 Å². The summed E-state index contributed by atoms with van der Waals surface area (Å²) in [6.07, 6.45) is 7.49. The number of nitrogens with one attached hydrogen (secondary N) is 1. The van der Waals surface area contributed by atoms with Crippen molar-refractivity contribution in [1.82, 2.24) is 0 Å². The third kappa shape index (κ3) is 5.53. The number of nitro benzene ring substituents is 2. The van der Waals surface area contributed by atoms with Gasteiger partial charge >= 0.3 is 0 Å². The number of carbonyl (C=O) groups excluding carboxylic acids is 1. The highest BCUT2D eigenvalue weighted by molar-refractivity contribution is 6.07. The summed E-state index contributed by atoms with van der Waals surface area (Å²) in [7, 11) is 0. The van der Waals surface area contributed by atoms with Crippen LogP contribution in [0.15, 0.2) is 42.5 Å². The molecule has 0 unspecified atom stereocenters. The van der Waals surface area contributed by atoms with Crippen LogP contribution in [0.1, 0.15) is 48.9 Å². The van der Waals surface area contributed by atoms with E-state index in [2.05, 4.69) is 5.32 Å². The van der Waals surface area contributed by atoms with Crippen LogP contribution >= 0.6 is 0 Å². The van der Waals surface area contributed by atoms with Gasteiger partial charge in [-0.25, -0.2) is 0 Å². The quantitative estimate of drug-likeness (QED) is 0.474. The Balaban J connectivity index is 1.59. The van der Waals surface area contributed by atoms with E-state index in [1.165, 1.54) is 32.1 Å². The lowest BCUT2D eigenvalue weighted by Gasteiger charge is -2.21. The van der Waals surface area contributed by atoms with Gasteiger partial charge < -0.3 is 10.1 Å². The predicted molar refractivity (Wildman–Crippen MR) is 111 cm³/mol. The van der Waals surface area contributed by atoms with Gasteiger partial charge in [0.15, 0.2) is 0 Å². The first kappa shape index (κ1) is 21.2. The van der Waals surface area contributed by atoms with E-state index in [1.54, 1.807) is 24.3 Å². The van der Waals surface area contributed by atoms with Crippen LogP contribution in [0.25, 0.3) is 0 Å². The number of rotatable bonds is 8. The molecule has 0 saturated heterocycles. The first-order valence-electron chi connectivity index (χ1n) is 9.91. The molecule has 1 aliphatic rings. The van der Waals surface area contributed by atoms with E-state index in [0.29, 0.717) is 18.0 Å². The largest absolute Gasteiger partial charge is 0.494 e. The number of nitro groups is 2. The number of carbonyl (C=O) groups is 1. The second kappa shape index (κ2) is 9.82. The summed E-state index contributed by atoms with van der Waals surface area (Å²) >= 11 is 0. The van der Waals surface area contributed by atoms with Gasteiger partial charge in [0.25, 0.3) is 17.3 Å². The number of hydrogen-bond donors (Lipinski definition) is 1. The topological polar surface area (TPSA) is 125 Å². The first-order valence-corrected chi connectivity index (χ1v) is 9.91. The zero-order valence-corrected chi connectivity index (χ0v) is 16.4. The molecular formula is C21H23N3O6. The molecule has 0 spiro atoms. The van der Waals surface area contributed by atoms with Gasteiger partial charge in [-0.3, -0.25) is 25.0 Å². The van der Waals surface area contributed by atoms with E-state index in [0.717, 1.165) is 30.5 Å². The van der Waals surface area contributed by atoms with Crippen molar-refractivity contribution >= 4 is 23.0 Å². The second-order valence-electron chi connectivity index (χ2n) is 7.34. The van der Waals surface area contributed by atoms with Gasteiger partial charge in [0, 0.05) is 11.8 Å². The Hall–Kier alpha value is -3.49. The molecule has 3 rings (SSSR count). The Labute approximate surface area is 173 Å². The summed E-state index contributed by atoms with van der Waals surface area (Å²) in [6.45, 7) is 0.644. The van der Waals surface area contributed by atoms with Crippen LogP contribution in [0, 0.1) is 26.1 Å². The SMILES string of the molecule is O=C(Nc1ccc(OCCC2CCCCC2)cc1)c1ccc([N+](=O)[O-])cc1[N+](=O)[O-]. The van der Waals surface area contributed by atoms with Gasteiger partial charge in [0.05, 0.1) is 22.5 Å². The summed E-state index contributed by atoms with van der Waals surface area (Å²) in [4.78, 5) is 32.9. The fourth-order valence-corrected chi connectivity index (χ4v) is 3.63. The summed E-state index contributed by atoms with van der Waals surface area (Å²) in [6, 6.07) is 9.65. The number of benzene rings is 2. The van der Waals surface area contributed by atoms with Crippen molar-refractivity contribution in [3.8, 4) is 5.75 Å². The molecule has 1 amide bonds. The molecule has 9 heteroatoms. The third-order valence-corrected chi connectivity index (χ3v) is 5.27. The average Bonchev–Trinajstić information content (AvgIpc) is 2.75. The highest BCUT2D eigenvalue weighted by Gasteiger charge is 2.24. The van der Waals surface area contributed by atoms with Crippen molar-refractivity contribution in [3.05, 3.63) is 68.3 Å². The van der Waals surface area contributed by atoms with Crippen LogP contribution in [-0.2, 0) is 0 Å². The van der Waals surface area contributed by atoms with E-state index in [4.69, 9.17) is 4.74 Å². The summed E-state index contributed by atoms with van der Waals surface area (Å²) in [5.41, 5.74) is -0.886. The van der Waals surface area contributed by atoms with Crippen molar-refractivity contribution in [1.29, 1.82) is 0 Å². The summed E-state index contributed by atoms with van der Waals surface area (Å²) in [5, 5.41) is 24.6. The molecule has 0 atom stereocenters. The van der Waals surface area contributed by atoms with E-state index in [1.807, 2.05) is 0 Å². The fraction of sp³-hybridized carbons (Fsp3) is 0.381. The van der Waals surface area contributed by atoms with Crippen molar-refractivity contribution in [3.63, 3.8) is 0 Å². The lowest BCUT2D eigenvalue weighted by molar-refractivity contribution is -0.394. The van der Waals surface area contributed by atoms with Gasteiger partial charge in [0.2, 0.25) is 0 Å². The van der Waals surface area contributed by atoms with Crippen LogP contribution in [0.4, 0.5) is 17.1 Å². The number of amides is 1. The van der Waals surface area contributed by atoms with Crippen molar-refractivity contribution < 1.29 is 19.4 Å². The van der Waals surface area contributed by atoms with Gasteiger partial charge in [-0.05, 0) is 42.7 Å². The molecular weight excluding hydrogens is 390 g/mol. The molecule has 0 heterocycles. The lowest BCUT2D eigenvalue weighted by atomic mass is 9.87. The number of non-ortho nitro benzene ring substituents is 1.